The van der Waals surface area contributed by atoms with Gasteiger partial charge < -0.3 is 5.73 Å². The number of hydrogen-bond donors (Lipinski definition) is 1. The van der Waals surface area contributed by atoms with Crippen molar-refractivity contribution in [2.24, 2.45) is 11.7 Å². The van der Waals surface area contributed by atoms with Crippen molar-refractivity contribution >= 4 is 0 Å². The van der Waals surface area contributed by atoms with E-state index in [9.17, 15) is 4.39 Å². The lowest BCUT2D eigenvalue weighted by molar-refractivity contribution is 0.144. The Balaban J connectivity index is 2.03. The normalized spacial score (nSPS) is 25.3. The van der Waals surface area contributed by atoms with Crippen LogP contribution < -0.4 is 5.73 Å². The molecule has 2 N–H and O–H groups in total. The third-order valence-electron chi connectivity index (χ3n) is 4.00. The van der Waals surface area contributed by atoms with Gasteiger partial charge in [0.2, 0.25) is 0 Å². The van der Waals surface area contributed by atoms with Gasteiger partial charge in [-0.1, -0.05) is 31.0 Å². The molecule has 1 aromatic rings. The van der Waals surface area contributed by atoms with Crippen LogP contribution in [0.1, 0.15) is 30.9 Å². The molecule has 0 spiro atoms. The molecule has 0 radical (unpaired) electrons. The van der Waals surface area contributed by atoms with Gasteiger partial charge in [0.05, 0.1) is 0 Å². The summed E-state index contributed by atoms with van der Waals surface area (Å²) in [6.45, 7) is 6.86. The molecule has 2 nitrogen and oxygen atoms in total. The maximum atomic E-state index is 13.7. The van der Waals surface area contributed by atoms with Gasteiger partial charge in [0.25, 0.3) is 0 Å². The molecule has 100 valence electrons. The van der Waals surface area contributed by atoms with Gasteiger partial charge in [-0.2, -0.15) is 0 Å². The van der Waals surface area contributed by atoms with Crippen molar-refractivity contribution in [1.82, 2.24) is 4.90 Å². The smallest absolute Gasteiger partial charge is 0.127 e. The first-order chi connectivity index (χ1) is 8.60. The fraction of sp³-hybridized carbons (Fsp3) is 0.600. The Kier molecular flexibility index (Phi) is 4.36. The third-order valence-corrected chi connectivity index (χ3v) is 4.00. The van der Waals surface area contributed by atoms with Gasteiger partial charge in [0, 0.05) is 24.7 Å². The third kappa shape index (κ3) is 3.09. The number of nitrogens with two attached hydrogens (primary N) is 1. The Morgan fingerprint density at radius 1 is 1.44 bits per heavy atom. The summed E-state index contributed by atoms with van der Waals surface area (Å²) in [4.78, 5) is 2.33. The molecule has 0 aliphatic carbocycles. The van der Waals surface area contributed by atoms with Crippen LogP contribution in [0.25, 0.3) is 0 Å². The fourth-order valence-electron chi connectivity index (χ4n) is 2.77. The number of benzene rings is 1. The minimum atomic E-state index is -0.0940. The van der Waals surface area contributed by atoms with Gasteiger partial charge in [-0.25, -0.2) is 4.39 Å². The molecule has 0 aromatic heterocycles. The summed E-state index contributed by atoms with van der Waals surface area (Å²) >= 11 is 0. The summed E-state index contributed by atoms with van der Waals surface area (Å²) in [6, 6.07) is 5.65. The quantitative estimate of drug-likeness (QED) is 0.893. The van der Waals surface area contributed by atoms with Crippen LogP contribution in [0.2, 0.25) is 0 Å². The molecule has 2 unspecified atom stereocenters. The first-order valence-electron chi connectivity index (χ1n) is 6.83. The average molecular weight is 250 g/mol. The lowest BCUT2D eigenvalue weighted by Crippen LogP contribution is -2.46. The molecular weight excluding hydrogens is 227 g/mol. The van der Waals surface area contributed by atoms with Crippen molar-refractivity contribution in [3.63, 3.8) is 0 Å². The maximum absolute atomic E-state index is 13.7. The lowest BCUT2D eigenvalue weighted by atomic mass is 9.90. The van der Waals surface area contributed by atoms with Crippen LogP contribution in [0.15, 0.2) is 18.2 Å². The highest BCUT2D eigenvalue weighted by Crippen LogP contribution is 2.21. The molecule has 1 heterocycles. The zero-order chi connectivity index (χ0) is 13.1. The van der Waals surface area contributed by atoms with Crippen molar-refractivity contribution in [2.75, 3.05) is 13.1 Å². The molecule has 0 saturated carbocycles. The highest BCUT2D eigenvalue weighted by molar-refractivity contribution is 5.24. The van der Waals surface area contributed by atoms with Crippen molar-refractivity contribution < 1.29 is 4.39 Å². The Bertz CT molecular complexity index is 405. The van der Waals surface area contributed by atoms with Crippen molar-refractivity contribution in [3.05, 3.63) is 35.1 Å². The summed E-state index contributed by atoms with van der Waals surface area (Å²) < 4.78 is 13.7. The largest absolute Gasteiger partial charge is 0.327 e. The predicted molar refractivity (Wildman–Crippen MR) is 72.8 cm³/mol. The van der Waals surface area contributed by atoms with Crippen LogP contribution in [0.4, 0.5) is 4.39 Å². The van der Waals surface area contributed by atoms with E-state index in [2.05, 4.69) is 11.8 Å². The Morgan fingerprint density at radius 3 is 2.94 bits per heavy atom. The topological polar surface area (TPSA) is 29.3 Å². The van der Waals surface area contributed by atoms with Gasteiger partial charge >= 0.3 is 0 Å². The highest BCUT2D eigenvalue weighted by Gasteiger charge is 2.25. The molecule has 18 heavy (non-hydrogen) atoms. The maximum Gasteiger partial charge on any atom is 0.127 e. The number of piperidine rings is 1. The standard InChI is InChI=1S/C15H23FN2/c1-3-12-9-18(7-6-15(12)17)10-13-8-11(2)4-5-14(13)16/h4-5,8,12,15H,3,6-7,9-10,17H2,1-2H3. The number of rotatable bonds is 3. The highest BCUT2D eigenvalue weighted by atomic mass is 19.1. The van der Waals surface area contributed by atoms with Crippen molar-refractivity contribution in [2.45, 2.75) is 39.3 Å². The molecule has 2 rings (SSSR count). The molecule has 1 saturated heterocycles. The molecule has 1 aliphatic heterocycles. The second kappa shape index (κ2) is 5.81. The molecule has 3 heteroatoms. The zero-order valence-electron chi connectivity index (χ0n) is 11.3. The van der Waals surface area contributed by atoms with Gasteiger partial charge in [-0.3, -0.25) is 4.90 Å². The number of likely N-dealkylation sites (tertiary alicyclic amines) is 1. The molecular formula is C15H23FN2. The second-order valence-corrected chi connectivity index (χ2v) is 5.45. The Morgan fingerprint density at radius 2 is 2.22 bits per heavy atom. The Labute approximate surface area is 109 Å². The van der Waals surface area contributed by atoms with Gasteiger partial charge in [-0.15, -0.1) is 0 Å². The molecule has 1 fully saturated rings. The van der Waals surface area contributed by atoms with E-state index in [0.717, 1.165) is 37.1 Å². The van der Waals surface area contributed by atoms with E-state index >= 15 is 0 Å². The van der Waals surface area contributed by atoms with E-state index in [1.807, 2.05) is 19.1 Å². The van der Waals surface area contributed by atoms with E-state index in [0.29, 0.717) is 18.5 Å². The number of nitrogens with zero attached hydrogens (tertiary/aromatic N) is 1. The second-order valence-electron chi connectivity index (χ2n) is 5.45. The average Bonchev–Trinajstić information content (AvgIpc) is 2.36. The summed E-state index contributed by atoms with van der Waals surface area (Å²) in [5, 5.41) is 0. The van der Waals surface area contributed by atoms with E-state index < -0.39 is 0 Å². The zero-order valence-corrected chi connectivity index (χ0v) is 11.3. The van der Waals surface area contributed by atoms with Crippen molar-refractivity contribution in [3.8, 4) is 0 Å². The molecule has 1 aliphatic rings. The van der Waals surface area contributed by atoms with Crippen LogP contribution in [-0.4, -0.2) is 24.0 Å². The minimum absolute atomic E-state index is 0.0940. The minimum Gasteiger partial charge on any atom is -0.327 e. The SMILES string of the molecule is CCC1CN(Cc2cc(C)ccc2F)CCC1N. The summed E-state index contributed by atoms with van der Waals surface area (Å²) in [6.07, 6.45) is 2.12. The molecule has 1 aromatic carbocycles. The van der Waals surface area contributed by atoms with Gasteiger partial charge in [0.1, 0.15) is 5.82 Å². The molecule has 2 atom stereocenters. The number of halogens is 1. The lowest BCUT2D eigenvalue weighted by Gasteiger charge is -2.36. The van der Waals surface area contributed by atoms with Crippen LogP contribution in [-0.2, 0) is 6.54 Å². The first kappa shape index (κ1) is 13.5. The van der Waals surface area contributed by atoms with Crippen LogP contribution in [0.5, 0.6) is 0 Å². The number of aryl methyl sites for hydroxylation is 1. The van der Waals surface area contributed by atoms with Crippen LogP contribution in [0, 0.1) is 18.7 Å². The number of hydrogen-bond acceptors (Lipinski definition) is 2. The van der Waals surface area contributed by atoms with E-state index in [1.54, 1.807) is 6.07 Å². The summed E-state index contributed by atoms with van der Waals surface area (Å²) in [5.41, 5.74) is 8.02. The van der Waals surface area contributed by atoms with Crippen LogP contribution in [0.3, 0.4) is 0 Å². The van der Waals surface area contributed by atoms with Crippen LogP contribution >= 0.6 is 0 Å². The van der Waals surface area contributed by atoms with Gasteiger partial charge in [-0.05, 0) is 31.9 Å². The monoisotopic (exact) mass is 250 g/mol. The van der Waals surface area contributed by atoms with E-state index in [1.165, 1.54) is 0 Å². The van der Waals surface area contributed by atoms with Gasteiger partial charge in [0.15, 0.2) is 0 Å². The summed E-state index contributed by atoms with van der Waals surface area (Å²) in [5.74, 6) is 0.454. The molecule has 0 bridgehead atoms. The van der Waals surface area contributed by atoms with E-state index in [4.69, 9.17) is 5.73 Å². The van der Waals surface area contributed by atoms with E-state index in [-0.39, 0.29) is 5.82 Å². The predicted octanol–water partition coefficient (Wildman–Crippen LogP) is 2.69. The molecule has 0 amide bonds. The van der Waals surface area contributed by atoms with Crippen molar-refractivity contribution in [1.29, 1.82) is 0 Å². The first-order valence-corrected chi connectivity index (χ1v) is 6.83. The Hall–Kier alpha value is -0.930. The fourth-order valence-corrected chi connectivity index (χ4v) is 2.77. The summed E-state index contributed by atoms with van der Waals surface area (Å²) in [7, 11) is 0.